The van der Waals surface area contributed by atoms with Gasteiger partial charge in [-0.25, -0.2) is 8.42 Å². The molecule has 1 aromatic heterocycles. The van der Waals surface area contributed by atoms with Crippen LogP contribution in [0.5, 0.6) is 11.5 Å². The highest BCUT2D eigenvalue weighted by molar-refractivity contribution is 7.89. The van der Waals surface area contributed by atoms with Gasteiger partial charge in [0.25, 0.3) is 5.91 Å². The van der Waals surface area contributed by atoms with Gasteiger partial charge in [0.1, 0.15) is 0 Å². The Kier molecular flexibility index (Phi) is 8.25. The van der Waals surface area contributed by atoms with Crippen LogP contribution in [0.3, 0.4) is 0 Å². The van der Waals surface area contributed by atoms with Crippen molar-refractivity contribution < 1.29 is 22.7 Å². The average Bonchev–Trinajstić information content (AvgIpc) is 3.16. The van der Waals surface area contributed by atoms with Gasteiger partial charge in [0.15, 0.2) is 16.3 Å². The SMILES string of the molecule is COc1cc2sc(=NC(=O)c3ccc(S(=O)(=O)N(CCC#N)CCC#N)cc3)n(C)c2cc1OC. The number of nitrogens with zero attached hydrogens (tertiary/aromatic N) is 5. The fraction of sp³-hybridized carbons (Fsp3) is 0.304. The van der Waals surface area contributed by atoms with E-state index in [4.69, 9.17) is 20.0 Å². The largest absolute Gasteiger partial charge is 0.493 e. The van der Waals surface area contributed by atoms with Crippen LogP contribution in [0.15, 0.2) is 46.3 Å². The zero-order valence-electron chi connectivity index (χ0n) is 19.4. The molecule has 1 heterocycles. The summed E-state index contributed by atoms with van der Waals surface area (Å²) < 4.78 is 40.3. The van der Waals surface area contributed by atoms with Crippen molar-refractivity contribution >= 4 is 37.5 Å². The van der Waals surface area contributed by atoms with Crippen LogP contribution in [-0.2, 0) is 17.1 Å². The smallest absolute Gasteiger partial charge is 0.279 e. The summed E-state index contributed by atoms with van der Waals surface area (Å²) in [5.74, 6) is 0.595. The molecule has 0 N–H and O–H groups in total. The Hall–Kier alpha value is -3.71. The van der Waals surface area contributed by atoms with Crippen molar-refractivity contribution in [1.29, 1.82) is 10.5 Å². The molecule has 3 rings (SSSR count). The maximum Gasteiger partial charge on any atom is 0.279 e. The summed E-state index contributed by atoms with van der Waals surface area (Å²) >= 11 is 1.31. The molecule has 0 spiro atoms. The first-order valence-electron chi connectivity index (χ1n) is 10.4. The summed E-state index contributed by atoms with van der Waals surface area (Å²) in [6.07, 6.45) is 0.00802. The number of hydrogen-bond acceptors (Lipinski definition) is 8. The Balaban J connectivity index is 1.91. The van der Waals surface area contributed by atoms with Crippen LogP contribution in [0.1, 0.15) is 23.2 Å². The second kappa shape index (κ2) is 11.1. The van der Waals surface area contributed by atoms with Crippen LogP contribution in [-0.4, -0.2) is 50.5 Å². The number of hydrogen-bond donors (Lipinski definition) is 0. The molecule has 10 nitrogen and oxygen atoms in total. The molecule has 0 aliphatic heterocycles. The molecule has 35 heavy (non-hydrogen) atoms. The zero-order chi connectivity index (χ0) is 25.6. The van der Waals surface area contributed by atoms with E-state index in [0.29, 0.717) is 16.3 Å². The van der Waals surface area contributed by atoms with Gasteiger partial charge in [-0.05, 0) is 24.3 Å². The standard InChI is InChI=1S/C23H23N5O5S2/c1-27-18-14-19(32-2)20(33-3)15-21(18)34-23(27)26-22(29)16-6-8-17(9-7-16)35(30,31)28(12-4-10-24)13-5-11-25/h6-9,14-15H,4-5,12-13H2,1-3H3. The number of ether oxygens (including phenoxy) is 2. The lowest BCUT2D eigenvalue weighted by atomic mass is 10.2. The van der Waals surface area contributed by atoms with Gasteiger partial charge < -0.3 is 14.0 Å². The molecule has 182 valence electrons. The lowest BCUT2D eigenvalue weighted by molar-refractivity contribution is 0.0998. The minimum atomic E-state index is -3.92. The number of aryl methyl sites for hydroxylation is 1. The van der Waals surface area contributed by atoms with Gasteiger partial charge in [-0.3, -0.25) is 4.79 Å². The number of nitriles is 2. The van der Waals surface area contributed by atoms with Crippen molar-refractivity contribution in [3.63, 3.8) is 0 Å². The van der Waals surface area contributed by atoms with Crippen LogP contribution in [0.2, 0.25) is 0 Å². The number of carbonyl (C=O) groups excluding carboxylic acids is 1. The molecule has 0 radical (unpaired) electrons. The van der Waals surface area contributed by atoms with E-state index in [-0.39, 0.29) is 36.4 Å². The summed E-state index contributed by atoms with van der Waals surface area (Å²) in [6, 6.07) is 12.9. The van der Waals surface area contributed by atoms with Crippen LogP contribution >= 0.6 is 11.3 Å². The third-order valence-corrected chi connectivity index (χ3v) is 8.20. The van der Waals surface area contributed by atoms with Gasteiger partial charge in [0, 0.05) is 50.7 Å². The zero-order valence-corrected chi connectivity index (χ0v) is 21.0. The topological polar surface area (TPSA) is 138 Å². The van der Waals surface area contributed by atoms with Gasteiger partial charge in [0.2, 0.25) is 10.0 Å². The lowest BCUT2D eigenvalue weighted by Gasteiger charge is -2.20. The first-order valence-corrected chi connectivity index (χ1v) is 12.7. The molecule has 0 aliphatic carbocycles. The fourth-order valence-corrected chi connectivity index (χ4v) is 5.80. The number of rotatable bonds is 9. The molecule has 3 aromatic rings. The summed E-state index contributed by atoms with van der Waals surface area (Å²) in [6.45, 7) is -0.0386. The van der Waals surface area contributed by atoms with Crippen LogP contribution in [0, 0.1) is 22.7 Å². The van der Waals surface area contributed by atoms with E-state index in [9.17, 15) is 13.2 Å². The highest BCUT2D eigenvalue weighted by atomic mass is 32.2. The third-order valence-electron chi connectivity index (χ3n) is 5.20. The van der Waals surface area contributed by atoms with Crippen molar-refractivity contribution in [2.75, 3.05) is 27.3 Å². The van der Waals surface area contributed by atoms with E-state index in [1.165, 1.54) is 35.6 Å². The van der Waals surface area contributed by atoms with E-state index in [0.717, 1.165) is 14.5 Å². The maximum absolute atomic E-state index is 12.9. The van der Waals surface area contributed by atoms with Gasteiger partial charge in [-0.15, -0.1) is 0 Å². The number of amides is 1. The first kappa shape index (κ1) is 25.9. The van der Waals surface area contributed by atoms with E-state index in [1.807, 2.05) is 18.2 Å². The molecule has 0 saturated heterocycles. The van der Waals surface area contributed by atoms with E-state index < -0.39 is 15.9 Å². The molecule has 0 aliphatic rings. The molecular formula is C23H23N5O5S2. The second-order valence-corrected chi connectivity index (χ2v) is 10.2. The Morgan fingerprint density at radius 3 is 2.17 bits per heavy atom. The summed E-state index contributed by atoms with van der Waals surface area (Å²) in [5, 5.41) is 17.6. The Bertz CT molecular complexity index is 1470. The highest BCUT2D eigenvalue weighted by Gasteiger charge is 2.24. The molecule has 0 fully saturated rings. The fourth-order valence-electron chi connectivity index (χ4n) is 3.33. The quantitative estimate of drug-likeness (QED) is 0.429. The molecule has 12 heteroatoms. The molecule has 0 unspecified atom stereocenters. The van der Waals surface area contributed by atoms with Crippen LogP contribution in [0.4, 0.5) is 0 Å². The Labute approximate surface area is 206 Å². The Morgan fingerprint density at radius 2 is 1.63 bits per heavy atom. The average molecular weight is 514 g/mol. The number of thiazole rings is 1. The normalized spacial score (nSPS) is 11.9. The van der Waals surface area contributed by atoms with Gasteiger partial charge in [-0.1, -0.05) is 11.3 Å². The monoisotopic (exact) mass is 513 g/mol. The second-order valence-electron chi connectivity index (χ2n) is 7.28. The number of benzene rings is 2. The van der Waals surface area contributed by atoms with Gasteiger partial charge in [-0.2, -0.15) is 19.8 Å². The predicted octanol–water partition coefficient (Wildman–Crippen LogP) is 2.82. The Morgan fingerprint density at radius 1 is 1.06 bits per heavy atom. The molecule has 2 aromatic carbocycles. The number of aromatic nitrogens is 1. The van der Waals surface area contributed by atoms with Gasteiger partial charge in [0.05, 0.1) is 41.5 Å². The maximum atomic E-state index is 12.9. The van der Waals surface area contributed by atoms with E-state index >= 15 is 0 Å². The van der Waals surface area contributed by atoms with Crippen LogP contribution < -0.4 is 14.3 Å². The summed E-state index contributed by atoms with van der Waals surface area (Å²) in [7, 11) is 0.947. The molecule has 1 amide bonds. The predicted molar refractivity (Wildman–Crippen MR) is 129 cm³/mol. The highest BCUT2D eigenvalue weighted by Crippen LogP contribution is 2.33. The number of sulfonamides is 1. The van der Waals surface area contributed by atoms with E-state index in [1.54, 1.807) is 31.9 Å². The minimum absolute atomic E-state index is 0.00401. The van der Waals surface area contributed by atoms with Crippen molar-refractivity contribution in [2.24, 2.45) is 12.0 Å². The van der Waals surface area contributed by atoms with E-state index in [2.05, 4.69) is 4.99 Å². The van der Waals surface area contributed by atoms with Crippen LogP contribution in [0.25, 0.3) is 10.2 Å². The lowest BCUT2D eigenvalue weighted by Crippen LogP contribution is -2.32. The van der Waals surface area contributed by atoms with Crippen molar-refractivity contribution in [3.8, 4) is 23.6 Å². The van der Waals surface area contributed by atoms with Crippen molar-refractivity contribution in [3.05, 3.63) is 46.8 Å². The van der Waals surface area contributed by atoms with Crippen molar-refractivity contribution in [2.45, 2.75) is 17.7 Å². The number of fused-ring (bicyclic) bond motifs is 1. The third kappa shape index (κ3) is 5.52. The molecule has 0 saturated carbocycles. The molecule has 0 atom stereocenters. The summed E-state index contributed by atoms with van der Waals surface area (Å²) in [4.78, 5) is 17.5. The van der Waals surface area contributed by atoms with Gasteiger partial charge >= 0.3 is 0 Å². The number of methoxy groups -OCH3 is 2. The van der Waals surface area contributed by atoms with Crippen molar-refractivity contribution in [1.82, 2.24) is 8.87 Å². The number of carbonyl (C=O) groups is 1. The minimum Gasteiger partial charge on any atom is -0.493 e. The summed E-state index contributed by atoms with van der Waals surface area (Å²) in [5.41, 5.74) is 1.03. The molecule has 0 bridgehead atoms. The first-order chi connectivity index (χ1) is 16.8. The molecular weight excluding hydrogens is 490 g/mol.